The van der Waals surface area contributed by atoms with E-state index < -0.39 is 0 Å². The topological polar surface area (TPSA) is 90.0 Å². The molecule has 0 saturated heterocycles. The molecule has 0 spiro atoms. The first-order valence-corrected chi connectivity index (χ1v) is 9.28. The van der Waals surface area contributed by atoms with Crippen molar-refractivity contribution in [1.29, 1.82) is 0 Å². The van der Waals surface area contributed by atoms with Gasteiger partial charge in [0.25, 0.3) is 0 Å². The zero-order valence-corrected chi connectivity index (χ0v) is 16.0. The number of rotatable bonds is 6. The number of nitrogens with one attached hydrogen (secondary N) is 1. The van der Waals surface area contributed by atoms with Gasteiger partial charge in [-0.05, 0) is 37.7 Å². The molecule has 25 heavy (non-hydrogen) atoms. The third-order valence-corrected chi connectivity index (χ3v) is 4.99. The maximum atomic E-state index is 12.7. The number of hydrogen-bond acceptors (Lipinski definition) is 4. The highest BCUT2D eigenvalue weighted by molar-refractivity contribution is 5.94. The number of aromatic nitrogens is 2. The van der Waals surface area contributed by atoms with Crippen LogP contribution in [0.4, 0.5) is 0 Å². The molecule has 0 aromatic carbocycles. The van der Waals surface area contributed by atoms with Crippen molar-refractivity contribution in [1.82, 2.24) is 15.1 Å². The van der Waals surface area contributed by atoms with E-state index in [1.54, 1.807) is 4.68 Å². The molecule has 0 unspecified atom stereocenters. The number of carbonyl (C=O) groups is 2. The number of Topliss-reactive ketones (excluding diaryl/α,β-unsaturated/α-hetero) is 1. The number of ketones is 1. The van der Waals surface area contributed by atoms with Crippen LogP contribution in [0, 0.1) is 5.92 Å². The van der Waals surface area contributed by atoms with E-state index >= 15 is 0 Å². The van der Waals surface area contributed by atoms with Gasteiger partial charge < -0.3 is 11.1 Å². The first-order valence-electron chi connectivity index (χ1n) is 9.28. The number of aryl methyl sites for hydroxylation is 1. The summed E-state index contributed by atoms with van der Waals surface area (Å²) >= 11 is 0. The Labute approximate surface area is 150 Å². The van der Waals surface area contributed by atoms with Crippen molar-refractivity contribution >= 4 is 11.7 Å². The van der Waals surface area contributed by atoms with Crippen molar-refractivity contribution in [3.63, 3.8) is 0 Å². The quantitative estimate of drug-likeness (QED) is 0.772. The molecule has 6 heteroatoms. The molecule has 6 nitrogen and oxygen atoms in total. The molecule has 0 aliphatic heterocycles. The van der Waals surface area contributed by atoms with Crippen LogP contribution in [0.15, 0.2) is 6.07 Å². The molecule has 0 atom stereocenters. The van der Waals surface area contributed by atoms with Crippen molar-refractivity contribution in [2.45, 2.75) is 70.8 Å². The minimum atomic E-state index is -0.0594. The number of amides is 1. The second-order valence-electron chi connectivity index (χ2n) is 8.24. The van der Waals surface area contributed by atoms with Gasteiger partial charge in [0.15, 0.2) is 5.78 Å². The third kappa shape index (κ3) is 5.39. The average molecular weight is 348 g/mol. The fraction of sp³-hybridized carbons (Fsp3) is 0.737. The second-order valence-corrected chi connectivity index (χ2v) is 8.24. The summed E-state index contributed by atoms with van der Waals surface area (Å²) in [6.07, 6.45) is 4.77. The van der Waals surface area contributed by atoms with Gasteiger partial charge in [0, 0.05) is 37.9 Å². The molecule has 1 aliphatic rings. The SMILES string of the molecule is Cn1nc(C(C)(C)C)cc1C(=O)CC1CCC(NC(=O)CCN)CC1. The maximum Gasteiger partial charge on any atom is 0.221 e. The summed E-state index contributed by atoms with van der Waals surface area (Å²) in [6.45, 7) is 6.69. The molecular formula is C19H32N4O2. The molecular weight excluding hydrogens is 316 g/mol. The first kappa shape index (κ1) is 19.6. The summed E-state index contributed by atoms with van der Waals surface area (Å²) in [7, 11) is 1.84. The maximum absolute atomic E-state index is 12.7. The third-order valence-electron chi connectivity index (χ3n) is 4.99. The van der Waals surface area contributed by atoms with E-state index in [4.69, 9.17) is 5.73 Å². The highest BCUT2D eigenvalue weighted by Gasteiger charge is 2.27. The summed E-state index contributed by atoms with van der Waals surface area (Å²) in [5.74, 6) is 0.593. The van der Waals surface area contributed by atoms with E-state index in [1.165, 1.54) is 0 Å². The predicted octanol–water partition coefficient (Wildman–Crippen LogP) is 2.31. The van der Waals surface area contributed by atoms with Crippen LogP contribution < -0.4 is 11.1 Å². The van der Waals surface area contributed by atoms with Crippen molar-refractivity contribution in [2.75, 3.05) is 6.54 Å². The molecule has 3 N–H and O–H groups in total. The summed E-state index contributed by atoms with van der Waals surface area (Å²) < 4.78 is 1.71. The van der Waals surface area contributed by atoms with Crippen LogP contribution in [0.5, 0.6) is 0 Å². The van der Waals surface area contributed by atoms with Crippen LogP contribution in [-0.2, 0) is 17.3 Å². The average Bonchev–Trinajstić information content (AvgIpc) is 2.92. The molecule has 1 aromatic rings. The molecule has 140 valence electrons. The Hall–Kier alpha value is -1.69. The molecule has 0 radical (unpaired) electrons. The molecule has 0 bridgehead atoms. The standard InChI is InChI=1S/C19H32N4O2/c1-19(2,3)17-12-15(23(4)22-17)16(24)11-13-5-7-14(8-6-13)21-18(25)9-10-20/h12-14H,5-11,20H2,1-4H3,(H,21,25). The molecule has 1 saturated carbocycles. The number of nitrogens with two attached hydrogens (primary N) is 1. The minimum Gasteiger partial charge on any atom is -0.353 e. The minimum absolute atomic E-state index is 0.0339. The fourth-order valence-electron chi connectivity index (χ4n) is 3.40. The smallest absolute Gasteiger partial charge is 0.221 e. The van der Waals surface area contributed by atoms with Gasteiger partial charge >= 0.3 is 0 Å². The van der Waals surface area contributed by atoms with Gasteiger partial charge in [0.2, 0.25) is 5.91 Å². The zero-order valence-electron chi connectivity index (χ0n) is 16.0. The molecule has 1 aromatic heterocycles. The van der Waals surface area contributed by atoms with Gasteiger partial charge in [0.1, 0.15) is 5.69 Å². The Morgan fingerprint density at radius 3 is 2.44 bits per heavy atom. The summed E-state index contributed by atoms with van der Waals surface area (Å²) in [4.78, 5) is 24.3. The van der Waals surface area contributed by atoms with Crippen LogP contribution in [0.1, 0.15) is 75.5 Å². The van der Waals surface area contributed by atoms with Crippen LogP contribution in [-0.4, -0.2) is 34.1 Å². The van der Waals surface area contributed by atoms with E-state index in [-0.39, 0.29) is 23.1 Å². The lowest BCUT2D eigenvalue weighted by Gasteiger charge is -2.28. The molecule has 1 fully saturated rings. The van der Waals surface area contributed by atoms with Crippen LogP contribution >= 0.6 is 0 Å². The van der Waals surface area contributed by atoms with Gasteiger partial charge in [-0.15, -0.1) is 0 Å². The highest BCUT2D eigenvalue weighted by Crippen LogP contribution is 2.29. The Bertz CT molecular complexity index is 607. The number of nitrogens with zero attached hydrogens (tertiary/aromatic N) is 2. The Kier molecular flexibility index (Phi) is 6.38. The molecule has 1 amide bonds. The Morgan fingerprint density at radius 1 is 1.28 bits per heavy atom. The van der Waals surface area contributed by atoms with Crippen molar-refractivity contribution in [3.05, 3.63) is 17.5 Å². The van der Waals surface area contributed by atoms with Gasteiger partial charge in [-0.3, -0.25) is 14.3 Å². The van der Waals surface area contributed by atoms with Crippen LogP contribution in [0.2, 0.25) is 0 Å². The van der Waals surface area contributed by atoms with Crippen LogP contribution in [0.3, 0.4) is 0 Å². The van der Waals surface area contributed by atoms with Crippen molar-refractivity contribution in [3.8, 4) is 0 Å². The summed E-state index contributed by atoms with van der Waals surface area (Å²) in [5, 5.41) is 7.53. The van der Waals surface area contributed by atoms with Crippen LogP contribution in [0.25, 0.3) is 0 Å². The van der Waals surface area contributed by atoms with Crippen molar-refractivity contribution < 1.29 is 9.59 Å². The van der Waals surface area contributed by atoms with Gasteiger partial charge in [-0.25, -0.2) is 0 Å². The van der Waals surface area contributed by atoms with E-state index in [9.17, 15) is 9.59 Å². The second kappa shape index (κ2) is 8.13. The first-order chi connectivity index (χ1) is 11.7. The Morgan fingerprint density at radius 2 is 1.92 bits per heavy atom. The van der Waals surface area contributed by atoms with Gasteiger partial charge in [-0.2, -0.15) is 5.10 Å². The van der Waals surface area contributed by atoms with Gasteiger partial charge in [0.05, 0.1) is 5.69 Å². The molecule has 1 heterocycles. The lowest BCUT2D eigenvalue weighted by Crippen LogP contribution is -2.38. The summed E-state index contributed by atoms with van der Waals surface area (Å²) in [6, 6.07) is 2.16. The van der Waals surface area contributed by atoms with Gasteiger partial charge in [-0.1, -0.05) is 20.8 Å². The molecule has 1 aliphatic carbocycles. The fourth-order valence-corrected chi connectivity index (χ4v) is 3.40. The predicted molar refractivity (Wildman–Crippen MR) is 98.4 cm³/mol. The Balaban J connectivity index is 1.87. The van der Waals surface area contributed by atoms with E-state index in [1.807, 2.05) is 13.1 Å². The van der Waals surface area contributed by atoms with Crippen molar-refractivity contribution in [2.24, 2.45) is 18.7 Å². The highest BCUT2D eigenvalue weighted by atomic mass is 16.1. The lowest BCUT2D eigenvalue weighted by molar-refractivity contribution is -0.121. The lowest BCUT2D eigenvalue weighted by atomic mass is 9.82. The van der Waals surface area contributed by atoms with E-state index in [0.717, 1.165) is 31.4 Å². The monoisotopic (exact) mass is 348 g/mol. The summed E-state index contributed by atoms with van der Waals surface area (Å²) in [5.41, 5.74) is 6.99. The number of hydrogen-bond donors (Lipinski definition) is 2. The largest absolute Gasteiger partial charge is 0.353 e. The molecule has 2 rings (SSSR count). The van der Waals surface area contributed by atoms with E-state index in [0.29, 0.717) is 31.0 Å². The normalized spacial score (nSPS) is 21.2. The van der Waals surface area contributed by atoms with E-state index in [2.05, 4.69) is 31.2 Å². The zero-order chi connectivity index (χ0) is 18.6. The number of carbonyl (C=O) groups excluding carboxylic acids is 2.